The molecule has 0 saturated carbocycles. The Morgan fingerprint density at radius 3 is 1.39 bits per heavy atom. The smallest absolute Gasteiger partial charge is 0.0622 e. The van der Waals surface area contributed by atoms with Crippen LogP contribution >= 0.6 is 0 Å². The molecule has 18 aromatic carbocycles. The molecular formula is C112H78N2. The normalized spacial score (nSPS) is 14.8. The van der Waals surface area contributed by atoms with E-state index in [-0.39, 0.29) is 22.7 Å². The molecule has 114 heavy (non-hydrogen) atoms. The number of fused-ring (bicyclic) bond motifs is 22. The van der Waals surface area contributed by atoms with E-state index < -0.39 is 0 Å². The molecule has 2 heterocycles. The average molecular weight is 1450 g/mol. The summed E-state index contributed by atoms with van der Waals surface area (Å²) in [6.07, 6.45) is 0. The number of para-hydroxylation sites is 1. The SMILES string of the molecule is CC1(C)c2ccccc2-c2c1ccc1c3cc(-c4ccc5c(c4)c4ccccc4n5-c4ccc5ccccc5c4)ccc3n(-c3ccc(-c4ccccc4)cc3)c21.CC1(C)c2ccccc2-c2ccc3c(c21)C(c1ccc(-c2ccccc2)cc1)c1ccc(-c2ccc4c(c2)-c2ccccc2C4c2ccc4ccccc4c2)cc1-3. The third kappa shape index (κ3) is 10.00. The largest absolute Gasteiger partial charge is 0.309 e. The molecule has 2 heteroatoms. The Morgan fingerprint density at radius 2 is 0.693 bits per heavy atom. The second kappa shape index (κ2) is 25.3. The van der Waals surface area contributed by atoms with Gasteiger partial charge in [0, 0.05) is 61.1 Å². The van der Waals surface area contributed by atoms with Gasteiger partial charge in [-0.05, 0) is 227 Å². The molecular weight excluding hydrogens is 1370 g/mol. The summed E-state index contributed by atoms with van der Waals surface area (Å²) in [5.74, 6) is 0.359. The van der Waals surface area contributed by atoms with Gasteiger partial charge in [0.15, 0.2) is 0 Å². The van der Waals surface area contributed by atoms with Gasteiger partial charge in [0.25, 0.3) is 0 Å². The molecule has 4 aliphatic rings. The fourth-order valence-corrected chi connectivity index (χ4v) is 20.7. The van der Waals surface area contributed by atoms with Gasteiger partial charge >= 0.3 is 0 Å². The van der Waals surface area contributed by atoms with Crippen molar-refractivity contribution in [2.75, 3.05) is 0 Å². The van der Waals surface area contributed by atoms with Crippen molar-refractivity contribution in [2.45, 2.75) is 50.4 Å². The van der Waals surface area contributed by atoms with Crippen molar-refractivity contribution >= 4 is 65.2 Å². The molecule has 0 saturated heterocycles. The van der Waals surface area contributed by atoms with Crippen LogP contribution in [-0.2, 0) is 10.8 Å². The maximum Gasteiger partial charge on any atom is 0.0622 e. The molecule has 0 aliphatic heterocycles. The van der Waals surface area contributed by atoms with Gasteiger partial charge in [-0.1, -0.05) is 349 Å². The summed E-state index contributed by atoms with van der Waals surface area (Å²) < 4.78 is 4.93. The highest BCUT2D eigenvalue weighted by Crippen LogP contribution is 2.60. The van der Waals surface area contributed by atoms with Crippen LogP contribution in [0.25, 0.3) is 166 Å². The van der Waals surface area contributed by atoms with Crippen LogP contribution in [0.2, 0.25) is 0 Å². The summed E-state index contributed by atoms with van der Waals surface area (Å²) in [5.41, 5.74) is 41.8. The number of hydrogen-bond donors (Lipinski definition) is 0. The summed E-state index contributed by atoms with van der Waals surface area (Å²) in [4.78, 5) is 0. The molecule has 2 atom stereocenters. The number of rotatable bonds is 8. The molecule has 0 spiro atoms. The van der Waals surface area contributed by atoms with Gasteiger partial charge in [0.1, 0.15) is 0 Å². The van der Waals surface area contributed by atoms with Gasteiger partial charge in [0.05, 0.1) is 22.1 Å². The molecule has 0 bridgehead atoms. The Labute approximate surface area is 664 Å². The molecule has 24 rings (SSSR count). The fourth-order valence-electron chi connectivity index (χ4n) is 20.7. The Hall–Kier alpha value is -13.9. The fraction of sp³-hybridized carbons (Fsp3) is 0.0714. The van der Waals surface area contributed by atoms with Gasteiger partial charge in [-0.2, -0.15) is 0 Å². The van der Waals surface area contributed by atoms with E-state index in [4.69, 9.17) is 0 Å². The lowest BCUT2D eigenvalue weighted by Gasteiger charge is -2.27. The number of hydrogen-bond acceptors (Lipinski definition) is 0. The quantitative estimate of drug-likeness (QED) is 0.143. The summed E-state index contributed by atoms with van der Waals surface area (Å²) in [7, 11) is 0. The topological polar surface area (TPSA) is 9.86 Å². The maximum absolute atomic E-state index is 2.51. The minimum Gasteiger partial charge on any atom is -0.309 e. The molecule has 536 valence electrons. The van der Waals surface area contributed by atoms with E-state index in [1.54, 1.807) is 0 Å². The third-order valence-corrected chi connectivity index (χ3v) is 26.1. The van der Waals surface area contributed by atoms with Crippen molar-refractivity contribution in [1.29, 1.82) is 0 Å². The Morgan fingerprint density at radius 1 is 0.228 bits per heavy atom. The van der Waals surface area contributed by atoms with Crippen LogP contribution in [0.4, 0.5) is 0 Å². The zero-order chi connectivity index (χ0) is 75.7. The van der Waals surface area contributed by atoms with E-state index in [0.29, 0.717) is 0 Å². The standard InChI is InChI=1S/C57H40.C55H38N2/c1-57(2)52-19-11-10-17-44(52)49-31-30-48-51-34-41(27-29-47(51)54(55(48)56(49)57)38-23-20-37(21-24-38)35-12-4-3-5-13-35)40-26-28-46-50(33-40)43-16-8-9-18-45(43)53(46)42-25-22-36-14-6-7-15-39(36)32-42;1-55(2)48-18-10-8-17-45(48)53-49(55)29-28-44-47-34-40(24-31-52(47)57(54(44)53)41-25-20-37(21-26-41)35-12-4-3-5-13-35)39-23-30-51-46(33-39)43-16-9-11-19-50(43)56(51)42-27-22-36-14-6-7-15-38(36)32-42/h3-34,53-54H,1-2H3;3-34H,1-2H3. The van der Waals surface area contributed by atoms with Gasteiger partial charge in [-0.3, -0.25) is 0 Å². The molecule has 20 aromatic rings. The highest BCUT2D eigenvalue weighted by Gasteiger charge is 2.44. The van der Waals surface area contributed by atoms with E-state index >= 15 is 0 Å². The van der Waals surface area contributed by atoms with Crippen LogP contribution in [-0.4, -0.2) is 9.13 Å². The number of benzene rings is 18. The molecule has 0 radical (unpaired) electrons. The van der Waals surface area contributed by atoms with Crippen molar-refractivity contribution in [1.82, 2.24) is 9.13 Å². The van der Waals surface area contributed by atoms with Crippen LogP contribution < -0.4 is 0 Å². The minimum atomic E-state index is -0.112. The lowest BCUT2D eigenvalue weighted by atomic mass is 9.75. The van der Waals surface area contributed by atoms with Crippen LogP contribution in [0.1, 0.15) is 95.2 Å². The van der Waals surface area contributed by atoms with Crippen molar-refractivity contribution < 1.29 is 0 Å². The third-order valence-electron chi connectivity index (χ3n) is 26.1. The lowest BCUT2D eigenvalue weighted by Crippen LogP contribution is -2.18. The van der Waals surface area contributed by atoms with E-state index in [9.17, 15) is 0 Å². The van der Waals surface area contributed by atoms with Crippen molar-refractivity contribution in [3.8, 4) is 100 Å². The summed E-state index contributed by atoms with van der Waals surface area (Å²) in [6.45, 7) is 9.59. The Bertz CT molecular complexity index is 7390. The number of aromatic nitrogens is 2. The highest BCUT2D eigenvalue weighted by atomic mass is 15.0. The monoisotopic (exact) mass is 1450 g/mol. The van der Waals surface area contributed by atoms with Crippen LogP contribution in [0.15, 0.2) is 388 Å². The van der Waals surface area contributed by atoms with Gasteiger partial charge in [-0.25, -0.2) is 0 Å². The van der Waals surface area contributed by atoms with E-state index in [0.717, 1.165) is 0 Å². The minimum absolute atomic E-state index is 0.0921. The molecule has 0 amide bonds. The molecule has 0 N–H and O–H groups in total. The van der Waals surface area contributed by atoms with Crippen LogP contribution in [0.5, 0.6) is 0 Å². The van der Waals surface area contributed by atoms with Crippen molar-refractivity contribution in [3.63, 3.8) is 0 Å². The second-order valence-corrected chi connectivity index (χ2v) is 32.9. The van der Waals surface area contributed by atoms with E-state index in [1.807, 2.05) is 0 Å². The molecule has 2 aromatic heterocycles. The lowest BCUT2D eigenvalue weighted by molar-refractivity contribution is 0.650. The van der Waals surface area contributed by atoms with Crippen LogP contribution in [0.3, 0.4) is 0 Å². The average Bonchev–Trinajstić information content (AvgIpc) is 1.54. The van der Waals surface area contributed by atoms with Crippen molar-refractivity contribution in [2.24, 2.45) is 0 Å². The van der Waals surface area contributed by atoms with Crippen LogP contribution in [0, 0.1) is 0 Å². The second-order valence-electron chi connectivity index (χ2n) is 32.9. The van der Waals surface area contributed by atoms with Gasteiger partial charge in [-0.15, -0.1) is 0 Å². The predicted octanol–water partition coefficient (Wildman–Crippen LogP) is 29.5. The van der Waals surface area contributed by atoms with Gasteiger partial charge in [0.2, 0.25) is 0 Å². The zero-order valence-corrected chi connectivity index (χ0v) is 64.0. The highest BCUT2D eigenvalue weighted by molar-refractivity contribution is 6.17. The first-order valence-corrected chi connectivity index (χ1v) is 40.3. The summed E-state index contributed by atoms with van der Waals surface area (Å²) in [5, 5.41) is 10.1. The summed E-state index contributed by atoms with van der Waals surface area (Å²) >= 11 is 0. The first-order valence-electron chi connectivity index (χ1n) is 40.3. The Balaban J connectivity index is 0.000000135. The van der Waals surface area contributed by atoms with E-state index in [1.165, 1.54) is 221 Å². The Kier molecular flexibility index (Phi) is 14.6. The number of nitrogens with zero attached hydrogens (tertiary/aromatic N) is 2. The first kappa shape index (κ1) is 65.9. The molecule has 4 aliphatic carbocycles. The van der Waals surface area contributed by atoms with Gasteiger partial charge < -0.3 is 9.13 Å². The maximum atomic E-state index is 2.51. The predicted molar refractivity (Wildman–Crippen MR) is 479 cm³/mol. The summed E-state index contributed by atoms with van der Waals surface area (Å²) in [6, 6.07) is 145. The van der Waals surface area contributed by atoms with Crippen molar-refractivity contribution in [3.05, 3.63) is 444 Å². The molecule has 2 nitrogen and oxygen atoms in total. The molecule has 2 unspecified atom stereocenters. The van der Waals surface area contributed by atoms with E-state index in [2.05, 4.69) is 425 Å². The molecule has 0 fully saturated rings. The first-order chi connectivity index (χ1) is 56.1. The zero-order valence-electron chi connectivity index (χ0n) is 64.0.